The number of aromatic carboxylic acids is 1. The second kappa shape index (κ2) is 6.83. The van der Waals surface area contributed by atoms with Crippen LogP contribution >= 0.6 is 0 Å². The molecule has 1 fully saturated rings. The van der Waals surface area contributed by atoms with Gasteiger partial charge in [-0.1, -0.05) is 55.0 Å². The minimum atomic E-state index is -0.874. The first-order chi connectivity index (χ1) is 13.7. The molecule has 1 aliphatic heterocycles. The molecule has 5 rings (SSSR count). The largest absolute Gasteiger partial charge is 0.478 e. The van der Waals surface area contributed by atoms with E-state index in [1.54, 1.807) is 12.1 Å². The minimum Gasteiger partial charge on any atom is -0.478 e. The highest BCUT2D eigenvalue weighted by molar-refractivity contribution is 5.87. The Balaban J connectivity index is 1.51. The lowest BCUT2D eigenvalue weighted by molar-refractivity contribution is 0.0697. The summed E-state index contributed by atoms with van der Waals surface area (Å²) in [5.41, 5.74) is 6.70. The van der Waals surface area contributed by atoms with Crippen LogP contribution in [-0.4, -0.2) is 11.1 Å². The highest BCUT2D eigenvalue weighted by Gasteiger charge is 2.40. The van der Waals surface area contributed by atoms with Crippen LogP contribution in [0.15, 0.2) is 72.8 Å². The van der Waals surface area contributed by atoms with Gasteiger partial charge < -0.3 is 10.4 Å². The van der Waals surface area contributed by atoms with Crippen molar-refractivity contribution in [2.45, 2.75) is 31.2 Å². The smallest absolute Gasteiger partial charge is 0.335 e. The van der Waals surface area contributed by atoms with E-state index in [2.05, 4.69) is 53.8 Å². The molecule has 2 N–H and O–H groups in total. The van der Waals surface area contributed by atoms with Gasteiger partial charge in [-0.15, -0.1) is 0 Å². The number of fused-ring (bicyclic) bond motifs is 3. The first-order valence-electron chi connectivity index (χ1n) is 10.00. The van der Waals surface area contributed by atoms with Crippen LogP contribution in [0.25, 0.3) is 11.1 Å². The summed E-state index contributed by atoms with van der Waals surface area (Å²) in [5, 5.41) is 12.9. The lowest BCUT2D eigenvalue weighted by atomic mass is 9.76. The summed E-state index contributed by atoms with van der Waals surface area (Å²) >= 11 is 0. The van der Waals surface area contributed by atoms with Crippen molar-refractivity contribution in [2.24, 2.45) is 5.92 Å². The number of anilines is 1. The highest BCUT2D eigenvalue weighted by atomic mass is 16.4. The number of hydrogen-bond donors (Lipinski definition) is 2. The van der Waals surface area contributed by atoms with Gasteiger partial charge in [0.05, 0.1) is 11.6 Å². The summed E-state index contributed by atoms with van der Waals surface area (Å²) in [6.45, 7) is 0. The Hall–Kier alpha value is -3.07. The molecule has 1 aliphatic carbocycles. The molecule has 0 amide bonds. The van der Waals surface area contributed by atoms with Gasteiger partial charge in [0.1, 0.15) is 0 Å². The van der Waals surface area contributed by atoms with Gasteiger partial charge in [0.2, 0.25) is 0 Å². The Bertz CT molecular complexity index is 1010. The molecule has 3 nitrogen and oxygen atoms in total. The van der Waals surface area contributed by atoms with Crippen LogP contribution in [0.1, 0.15) is 52.7 Å². The van der Waals surface area contributed by atoms with E-state index in [-0.39, 0.29) is 6.04 Å². The molecule has 1 heterocycles. The zero-order valence-corrected chi connectivity index (χ0v) is 15.6. The summed E-state index contributed by atoms with van der Waals surface area (Å²) in [4.78, 5) is 11.2. The van der Waals surface area contributed by atoms with Gasteiger partial charge in [0.25, 0.3) is 0 Å². The molecular formula is C25H23NO2. The molecule has 2 aliphatic rings. The lowest BCUT2D eigenvalue weighted by Crippen LogP contribution is -2.28. The van der Waals surface area contributed by atoms with Crippen molar-refractivity contribution >= 4 is 11.7 Å². The number of carbonyl (C=O) groups is 1. The van der Waals surface area contributed by atoms with Crippen molar-refractivity contribution in [1.82, 2.24) is 0 Å². The number of nitrogens with one attached hydrogen (secondary N) is 1. The fourth-order valence-corrected chi connectivity index (χ4v) is 5.02. The molecule has 140 valence electrons. The normalized spacial score (nSPS) is 22.8. The molecule has 3 heteroatoms. The van der Waals surface area contributed by atoms with Crippen molar-refractivity contribution in [1.29, 1.82) is 0 Å². The monoisotopic (exact) mass is 369 g/mol. The molecular weight excluding hydrogens is 346 g/mol. The fourth-order valence-electron chi connectivity index (χ4n) is 5.02. The number of carboxylic acid groups (broad SMARTS) is 1. The maximum atomic E-state index is 11.2. The van der Waals surface area contributed by atoms with Crippen LogP contribution < -0.4 is 5.32 Å². The van der Waals surface area contributed by atoms with E-state index in [0.29, 0.717) is 17.4 Å². The third-order valence-electron chi connectivity index (χ3n) is 6.38. The molecule has 0 saturated heterocycles. The zero-order valence-electron chi connectivity index (χ0n) is 15.6. The first kappa shape index (κ1) is 17.1. The Morgan fingerprint density at radius 1 is 0.893 bits per heavy atom. The van der Waals surface area contributed by atoms with E-state index in [1.807, 2.05) is 12.1 Å². The topological polar surface area (TPSA) is 49.3 Å². The first-order valence-corrected chi connectivity index (χ1v) is 10.00. The number of benzene rings is 3. The molecule has 3 atom stereocenters. The molecule has 3 aromatic carbocycles. The predicted molar refractivity (Wildman–Crippen MR) is 112 cm³/mol. The van der Waals surface area contributed by atoms with E-state index >= 15 is 0 Å². The molecule has 0 aromatic heterocycles. The molecule has 0 spiro atoms. The van der Waals surface area contributed by atoms with Crippen molar-refractivity contribution in [3.63, 3.8) is 0 Å². The van der Waals surface area contributed by atoms with Crippen molar-refractivity contribution in [3.8, 4) is 11.1 Å². The SMILES string of the molecule is O=C(O)c1ccc([C@@H]2Nc3ccc(-c4ccccc4)cc3[C@@H]3CCC[C@@H]32)cc1. The van der Waals surface area contributed by atoms with E-state index < -0.39 is 5.97 Å². The fraction of sp³-hybridized carbons (Fsp3) is 0.240. The van der Waals surface area contributed by atoms with E-state index in [9.17, 15) is 9.90 Å². The molecule has 0 unspecified atom stereocenters. The number of rotatable bonds is 3. The average molecular weight is 369 g/mol. The maximum absolute atomic E-state index is 11.2. The van der Waals surface area contributed by atoms with Crippen LogP contribution in [0.5, 0.6) is 0 Å². The zero-order chi connectivity index (χ0) is 19.1. The average Bonchev–Trinajstić information content (AvgIpc) is 3.24. The minimum absolute atomic E-state index is 0.241. The van der Waals surface area contributed by atoms with E-state index in [4.69, 9.17) is 0 Å². The van der Waals surface area contributed by atoms with Gasteiger partial charge in [-0.25, -0.2) is 4.79 Å². The lowest BCUT2D eigenvalue weighted by Gasteiger charge is -2.38. The van der Waals surface area contributed by atoms with Crippen molar-refractivity contribution in [3.05, 3.63) is 89.5 Å². The Morgan fingerprint density at radius 2 is 1.68 bits per heavy atom. The van der Waals surface area contributed by atoms with Gasteiger partial charge in [0.15, 0.2) is 0 Å². The second-order valence-electron chi connectivity index (χ2n) is 7.92. The van der Waals surface area contributed by atoms with Gasteiger partial charge in [0, 0.05) is 5.69 Å². The standard InChI is InChI=1S/C25H23NO2/c27-25(28)18-11-9-17(10-12-18)24-21-8-4-7-20(21)22-15-19(13-14-23(22)26-24)16-5-2-1-3-6-16/h1-3,5-6,9-15,20-21,24,26H,4,7-8H2,(H,27,28)/t20-,21+,24+/m1/s1. The molecule has 0 radical (unpaired) electrons. The molecule has 28 heavy (non-hydrogen) atoms. The number of carboxylic acids is 1. The van der Waals surface area contributed by atoms with Crippen LogP contribution in [0, 0.1) is 5.92 Å². The van der Waals surface area contributed by atoms with Crippen LogP contribution in [0.4, 0.5) is 5.69 Å². The van der Waals surface area contributed by atoms with Crippen LogP contribution in [0.2, 0.25) is 0 Å². The molecule has 0 bridgehead atoms. The third-order valence-corrected chi connectivity index (χ3v) is 6.38. The Morgan fingerprint density at radius 3 is 2.43 bits per heavy atom. The van der Waals surface area contributed by atoms with Crippen molar-refractivity contribution in [2.75, 3.05) is 5.32 Å². The Labute approximate surface area is 165 Å². The quantitative estimate of drug-likeness (QED) is 0.586. The summed E-state index contributed by atoms with van der Waals surface area (Å²) in [6.07, 6.45) is 3.68. The number of hydrogen-bond acceptors (Lipinski definition) is 2. The van der Waals surface area contributed by atoms with Crippen LogP contribution in [-0.2, 0) is 0 Å². The van der Waals surface area contributed by atoms with E-state index in [1.165, 1.54) is 47.2 Å². The Kier molecular flexibility index (Phi) is 4.16. The second-order valence-corrected chi connectivity index (χ2v) is 7.92. The van der Waals surface area contributed by atoms with Crippen molar-refractivity contribution < 1.29 is 9.90 Å². The van der Waals surface area contributed by atoms with Gasteiger partial charge in [-0.3, -0.25) is 0 Å². The molecule has 3 aromatic rings. The predicted octanol–water partition coefficient (Wildman–Crippen LogP) is 6.10. The summed E-state index contributed by atoms with van der Waals surface area (Å²) in [7, 11) is 0. The summed E-state index contributed by atoms with van der Waals surface area (Å²) < 4.78 is 0. The maximum Gasteiger partial charge on any atom is 0.335 e. The van der Waals surface area contributed by atoms with Gasteiger partial charge >= 0.3 is 5.97 Å². The van der Waals surface area contributed by atoms with E-state index in [0.717, 1.165) is 0 Å². The highest BCUT2D eigenvalue weighted by Crippen LogP contribution is 2.53. The summed E-state index contributed by atoms with van der Waals surface area (Å²) in [6, 6.07) is 24.9. The molecule has 1 saturated carbocycles. The third kappa shape index (κ3) is 2.88. The van der Waals surface area contributed by atoms with Crippen LogP contribution in [0.3, 0.4) is 0 Å². The van der Waals surface area contributed by atoms with Gasteiger partial charge in [-0.2, -0.15) is 0 Å². The van der Waals surface area contributed by atoms with Gasteiger partial charge in [-0.05, 0) is 71.2 Å². The summed E-state index contributed by atoms with van der Waals surface area (Å²) in [5.74, 6) is 0.235.